The van der Waals surface area contributed by atoms with Gasteiger partial charge in [0.2, 0.25) is 10.0 Å². The van der Waals surface area contributed by atoms with Gasteiger partial charge < -0.3 is 14.2 Å². The van der Waals surface area contributed by atoms with Gasteiger partial charge in [0.25, 0.3) is 0 Å². The third-order valence-corrected chi connectivity index (χ3v) is 8.18. The number of morpholine rings is 1. The molecule has 0 spiro atoms. The second-order valence-electron chi connectivity index (χ2n) is 8.97. The van der Waals surface area contributed by atoms with Gasteiger partial charge in [0.1, 0.15) is 6.10 Å². The molecule has 32 heavy (non-hydrogen) atoms. The van der Waals surface area contributed by atoms with Crippen molar-refractivity contribution in [1.82, 2.24) is 4.31 Å². The molecule has 1 saturated carbocycles. The zero-order valence-corrected chi connectivity index (χ0v) is 19.8. The zero-order chi connectivity index (χ0) is 23.3. The summed E-state index contributed by atoms with van der Waals surface area (Å²) in [5, 5.41) is 0. The molecule has 3 atom stereocenters. The minimum Gasteiger partial charge on any atom is -0.460 e. The van der Waals surface area contributed by atoms with Crippen molar-refractivity contribution in [1.29, 1.82) is 0 Å². The van der Waals surface area contributed by atoms with Gasteiger partial charge in [-0.25, -0.2) is 18.0 Å². The van der Waals surface area contributed by atoms with Gasteiger partial charge in [-0.3, -0.25) is 0 Å². The molecule has 0 aromatic heterocycles. The lowest BCUT2D eigenvalue weighted by molar-refractivity contribution is -0.159. The highest BCUT2D eigenvalue weighted by Gasteiger charge is 2.33. The molecule has 9 heteroatoms. The average Bonchev–Trinajstić information content (AvgIpc) is 2.78. The molecule has 3 rings (SSSR count). The Bertz CT molecular complexity index is 891. The maximum absolute atomic E-state index is 12.7. The molecule has 0 unspecified atom stereocenters. The molecule has 178 valence electrons. The van der Waals surface area contributed by atoms with Crippen molar-refractivity contribution in [3.05, 3.63) is 29.8 Å². The minimum atomic E-state index is -3.64. The molecule has 0 bridgehead atoms. The van der Waals surface area contributed by atoms with Crippen LogP contribution >= 0.6 is 0 Å². The Morgan fingerprint density at radius 1 is 1.12 bits per heavy atom. The fourth-order valence-corrected chi connectivity index (χ4v) is 5.77. The monoisotopic (exact) mass is 467 g/mol. The van der Waals surface area contributed by atoms with Gasteiger partial charge in [0.05, 0.1) is 23.7 Å². The first-order valence-electron chi connectivity index (χ1n) is 11.2. The largest absolute Gasteiger partial charge is 0.460 e. The van der Waals surface area contributed by atoms with E-state index < -0.39 is 28.6 Å². The molecular formula is C23H33NO7S. The fourth-order valence-electron chi connectivity index (χ4n) is 4.36. The van der Waals surface area contributed by atoms with Crippen LogP contribution in [0.25, 0.3) is 0 Å². The van der Waals surface area contributed by atoms with E-state index in [2.05, 4.69) is 20.8 Å². The van der Waals surface area contributed by atoms with Crippen molar-refractivity contribution >= 4 is 22.0 Å². The third kappa shape index (κ3) is 6.08. The topological polar surface area (TPSA) is 99.2 Å². The van der Waals surface area contributed by atoms with E-state index in [4.69, 9.17) is 14.2 Å². The molecule has 1 aromatic rings. The van der Waals surface area contributed by atoms with Gasteiger partial charge in [0.15, 0.2) is 6.61 Å². The van der Waals surface area contributed by atoms with Gasteiger partial charge in [-0.15, -0.1) is 0 Å². The Labute approximate surface area is 190 Å². The molecule has 0 N–H and O–H groups in total. The Morgan fingerprint density at radius 2 is 1.78 bits per heavy atom. The molecule has 8 nitrogen and oxygen atoms in total. The summed E-state index contributed by atoms with van der Waals surface area (Å²) in [6.45, 7) is 7.25. The molecular weight excluding hydrogens is 434 g/mol. The van der Waals surface area contributed by atoms with Crippen molar-refractivity contribution in [2.24, 2.45) is 17.8 Å². The zero-order valence-electron chi connectivity index (χ0n) is 19.0. The maximum Gasteiger partial charge on any atom is 0.344 e. The fraction of sp³-hybridized carbons (Fsp3) is 0.652. The van der Waals surface area contributed by atoms with E-state index in [0.717, 1.165) is 19.3 Å². The van der Waals surface area contributed by atoms with Crippen LogP contribution in [0.2, 0.25) is 0 Å². The first-order valence-corrected chi connectivity index (χ1v) is 12.7. The Hall–Kier alpha value is -1.97. The van der Waals surface area contributed by atoms with Crippen LogP contribution in [0.1, 0.15) is 50.4 Å². The summed E-state index contributed by atoms with van der Waals surface area (Å²) in [4.78, 5) is 24.7. The second kappa shape index (κ2) is 10.8. The molecule has 0 radical (unpaired) electrons. The molecule has 1 heterocycles. The van der Waals surface area contributed by atoms with Crippen LogP contribution in [0.4, 0.5) is 0 Å². The summed E-state index contributed by atoms with van der Waals surface area (Å²) in [6.07, 6.45) is 2.82. The van der Waals surface area contributed by atoms with E-state index in [9.17, 15) is 18.0 Å². The van der Waals surface area contributed by atoms with Crippen LogP contribution in [0.15, 0.2) is 29.2 Å². The highest BCUT2D eigenvalue weighted by atomic mass is 32.2. The van der Waals surface area contributed by atoms with Crippen LogP contribution in [-0.2, 0) is 29.0 Å². The van der Waals surface area contributed by atoms with Crippen LogP contribution in [0, 0.1) is 17.8 Å². The van der Waals surface area contributed by atoms with Gasteiger partial charge >= 0.3 is 11.9 Å². The first-order chi connectivity index (χ1) is 15.2. The summed E-state index contributed by atoms with van der Waals surface area (Å²) < 4.78 is 42.6. The Kier molecular flexibility index (Phi) is 8.30. The van der Waals surface area contributed by atoms with Crippen LogP contribution in [0.5, 0.6) is 0 Å². The average molecular weight is 468 g/mol. The highest BCUT2D eigenvalue weighted by molar-refractivity contribution is 7.89. The number of sulfonamides is 1. The molecule has 2 aliphatic rings. The lowest BCUT2D eigenvalue weighted by Gasteiger charge is -2.36. The lowest BCUT2D eigenvalue weighted by Crippen LogP contribution is -2.40. The standard InChI is InChI=1S/C23H33NO7S/c1-16(2)20-9-4-17(3)14-21(20)31-22(25)15-30-23(26)18-5-7-19(8-6-18)32(27,28)24-10-12-29-13-11-24/h5-8,16-17,20-21H,4,9-15H2,1-3H3/t17-,20-,21-/m0/s1. The van der Waals surface area contributed by atoms with E-state index in [1.54, 1.807) is 0 Å². The molecule has 1 aliphatic heterocycles. The summed E-state index contributed by atoms with van der Waals surface area (Å²) >= 11 is 0. The smallest absolute Gasteiger partial charge is 0.344 e. The van der Waals surface area contributed by atoms with Crippen molar-refractivity contribution < 1.29 is 32.2 Å². The van der Waals surface area contributed by atoms with Crippen molar-refractivity contribution in [3.63, 3.8) is 0 Å². The predicted octanol–water partition coefficient (Wildman–Crippen LogP) is 2.87. The number of hydrogen-bond donors (Lipinski definition) is 0. The number of hydrogen-bond acceptors (Lipinski definition) is 7. The molecule has 1 aliphatic carbocycles. The quantitative estimate of drug-likeness (QED) is 0.569. The van der Waals surface area contributed by atoms with E-state index in [-0.39, 0.29) is 16.6 Å². The number of nitrogens with zero attached hydrogens (tertiary/aromatic N) is 1. The number of esters is 2. The molecule has 2 fully saturated rings. The molecule has 1 saturated heterocycles. The first kappa shape index (κ1) is 24.7. The molecule has 1 aromatic carbocycles. The highest BCUT2D eigenvalue weighted by Crippen LogP contribution is 2.35. The Morgan fingerprint density at radius 3 is 2.41 bits per heavy atom. The Balaban J connectivity index is 1.54. The summed E-state index contributed by atoms with van der Waals surface area (Å²) in [7, 11) is -3.64. The SMILES string of the molecule is CC(C)[C@@H]1CC[C@H](C)C[C@@H]1OC(=O)COC(=O)c1ccc(S(=O)(=O)N2CCOCC2)cc1. The van der Waals surface area contributed by atoms with Crippen LogP contribution in [0.3, 0.4) is 0 Å². The summed E-state index contributed by atoms with van der Waals surface area (Å²) in [5.74, 6) is -0.0381. The third-order valence-electron chi connectivity index (χ3n) is 6.26. The van der Waals surface area contributed by atoms with Crippen molar-refractivity contribution in [2.75, 3.05) is 32.9 Å². The lowest BCUT2D eigenvalue weighted by atomic mass is 9.75. The van der Waals surface area contributed by atoms with Gasteiger partial charge in [-0.1, -0.05) is 27.2 Å². The number of ether oxygens (including phenoxy) is 3. The number of carbonyl (C=O) groups is 2. The number of carbonyl (C=O) groups excluding carboxylic acids is 2. The molecule has 0 amide bonds. The van der Waals surface area contributed by atoms with Crippen LogP contribution < -0.4 is 0 Å². The van der Waals surface area contributed by atoms with E-state index in [1.807, 2.05) is 0 Å². The number of rotatable bonds is 7. The van der Waals surface area contributed by atoms with E-state index in [1.165, 1.54) is 28.6 Å². The minimum absolute atomic E-state index is 0.0986. The normalized spacial score (nSPS) is 24.8. The number of benzene rings is 1. The van der Waals surface area contributed by atoms with Gasteiger partial charge in [0, 0.05) is 13.1 Å². The predicted molar refractivity (Wildman–Crippen MR) is 118 cm³/mol. The van der Waals surface area contributed by atoms with Crippen molar-refractivity contribution in [3.8, 4) is 0 Å². The van der Waals surface area contributed by atoms with Gasteiger partial charge in [-0.05, 0) is 54.9 Å². The summed E-state index contributed by atoms with van der Waals surface area (Å²) in [6, 6.07) is 5.52. The van der Waals surface area contributed by atoms with E-state index >= 15 is 0 Å². The van der Waals surface area contributed by atoms with Crippen molar-refractivity contribution in [2.45, 2.75) is 51.0 Å². The van der Waals surface area contributed by atoms with E-state index in [0.29, 0.717) is 44.1 Å². The second-order valence-corrected chi connectivity index (χ2v) is 10.9. The maximum atomic E-state index is 12.7. The van der Waals surface area contributed by atoms with Crippen LogP contribution in [-0.4, -0.2) is 63.7 Å². The summed E-state index contributed by atoms with van der Waals surface area (Å²) in [5.41, 5.74) is 0.171. The van der Waals surface area contributed by atoms with Gasteiger partial charge in [-0.2, -0.15) is 4.31 Å².